The number of imidazole rings is 1. The second kappa shape index (κ2) is 10.9. The molecule has 11 heteroatoms. The average Bonchev–Trinajstić information content (AvgIpc) is 3.40. The molecule has 2 aromatic heterocycles. The Bertz CT molecular complexity index is 1200. The molecule has 0 saturated carbocycles. The Labute approximate surface area is 199 Å². The maximum Gasteiger partial charge on any atom is 0.264 e. The van der Waals surface area contributed by atoms with Crippen LogP contribution in [0.15, 0.2) is 30.7 Å². The number of rotatable bonds is 11. The van der Waals surface area contributed by atoms with Crippen LogP contribution in [0.1, 0.15) is 45.3 Å². The van der Waals surface area contributed by atoms with E-state index in [2.05, 4.69) is 4.98 Å². The molecular formula is C23H32N4O6S. The molecular weight excluding hydrogens is 460 g/mol. The van der Waals surface area contributed by atoms with E-state index in [1.165, 1.54) is 0 Å². The Balaban J connectivity index is 1.35. The van der Waals surface area contributed by atoms with Crippen molar-refractivity contribution in [1.82, 2.24) is 19.3 Å². The van der Waals surface area contributed by atoms with Gasteiger partial charge >= 0.3 is 0 Å². The van der Waals surface area contributed by atoms with Crippen LogP contribution >= 0.6 is 0 Å². The summed E-state index contributed by atoms with van der Waals surface area (Å²) in [5, 5.41) is 15.7. The SMILES string of the molecule is CC(CCOCCCn1cnc(-c2nn(C3CCCCO3)c3ccc(O)cc23)c1)OS(C)(=O)=O. The standard InChI is InChI=1S/C23H32N4O6S/c1-17(33-34(2,29)30)9-13-31-11-5-10-26-15-20(24-16-26)23-19-14-18(28)7-8-21(19)27(25-23)22-6-3-4-12-32-22/h7-8,14-17,22,28H,3-6,9-13H2,1-2H3. The molecule has 1 aliphatic heterocycles. The third-order valence-electron chi connectivity index (χ3n) is 5.71. The molecule has 1 N–H and O–H groups in total. The fraction of sp³-hybridized carbons (Fsp3) is 0.565. The van der Waals surface area contributed by atoms with Crippen LogP contribution in [-0.4, -0.2) is 65.0 Å². The maximum atomic E-state index is 11.1. The van der Waals surface area contributed by atoms with Gasteiger partial charge in [0.2, 0.25) is 0 Å². The van der Waals surface area contributed by atoms with E-state index in [4.69, 9.17) is 18.8 Å². The highest BCUT2D eigenvalue weighted by molar-refractivity contribution is 7.86. The zero-order chi connectivity index (χ0) is 24.1. The quantitative estimate of drug-likeness (QED) is 0.319. The number of aryl methyl sites for hydroxylation is 1. The van der Waals surface area contributed by atoms with Crippen LogP contribution in [0.4, 0.5) is 0 Å². The molecule has 3 aromatic rings. The van der Waals surface area contributed by atoms with Gasteiger partial charge in [0, 0.05) is 37.9 Å². The van der Waals surface area contributed by atoms with E-state index < -0.39 is 16.2 Å². The Hall–Kier alpha value is -2.47. The van der Waals surface area contributed by atoms with Crippen LogP contribution in [0.5, 0.6) is 5.75 Å². The van der Waals surface area contributed by atoms with Crippen molar-refractivity contribution < 1.29 is 27.2 Å². The van der Waals surface area contributed by atoms with Crippen molar-refractivity contribution in [1.29, 1.82) is 0 Å². The number of benzene rings is 1. The van der Waals surface area contributed by atoms with Gasteiger partial charge in [-0.1, -0.05) is 0 Å². The second-order valence-corrected chi connectivity index (χ2v) is 10.3. The minimum atomic E-state index is -3.44. The summed E-state index contributed by atoms with van der Waals surface area (Å²) >= 11 is 0. The molecule has 1 aliphatic rings. The third-order valence-corrected chi connectivity index (χ3v) is 6.38. The summed E-state index contributed by atoms with van der Waals surface area (Å²) in [4.78, 5) is 4.55. The van der Waals surface area contributed by atoms with Crippen molar-refractivity contribution in [2.45, 2.75) is 57.9 Å². The second-order valence-electron chi connectivity index (χ2n) is 8.68. The number of fused-ring (bicyclic) bond motifs is 1. The highest BCUT2D eigenvalue weighted by Gasteiger charge is 2.22. The molecule has 0 aliphatic carbocycles. The van der Waals surface area contributed by atoms with E-state index in [1.807, 2.05) is 21.5 Å². The number of phenolic OH excluding ortho intramolecular Hbond substituents is 1. The summed E-state index contributed by atoms with van der Waals surface area (Å²) in [5.74, 6) is 0.186. The van der Waals surface area contributed by atoms with Gasteiger partial charge in [-0.3, -0.25) is 4.18 Å². The van der Waals surface area contributed by atoms with Crippen molar-refractivity contribution in [2.75, 3.05) is 26.1 Å². The Morgan fingerprint density at radius 3 is 2.91 bits per heavy atom. The number of hydrogen-bond donors (Lipinski definition) is 1. The topological polar surface area (TPSA) is 118 Å². The van der Waals surface area contributed by atoms with E-state index >= 15 is 0 Å². The van der Waals surface area contributed by atoms with Gasteiger partial charge in [-0.05, 0) is 57.2 Å². The molecule has 2 unspecified atom stereocenters. The summed E-state index contributed by atoms with van der Waals surface area (Å²) in [6.45, 7) is 4.13. The molecule has 34 heavy (non-hydrogen) atoms. The number of hydrogen-bond acceptors (Lipinski definition) is 8. The minimum Gasteiger partial charge on any atom is -0.508 e. The molecule has 0 amide bonds. The predicted molar refractivity (Wildman–Crippen MR) is 127 cm³/mol. The van der Waals surface area contributed by atoms with Gasteiger partial charge in [-0.2, -0.15) is 13.5 Å². The highest BCUT2D eigenvalue weighted by Crippen LogP contribution is 2.33. The summed E-state index contributed by atoms with van der Waals surface area (Å²) < 4.78 is 42.6. The van der Waals surface area contributed by atoms with Gasteiger partial charge in [0.1, 0.15) is 17.1 Å². The monoisotopic (exact) mass is 492 g/mol. The molecule has 1 saturated heterocycles. The van der Waals surface area contributed by atoms with Crippen molar-refractivity contribution in [3.63, 3.8) is 0 Å². The van der Waals surface area contributed by atoms with Crippen LogP contribution in [0.2, 0.25) is 0 Å². The van der Waals surface area contributed by atoms with E-state index in [-0.39, 0.29) is 12.0 Å². The van der Waals surface area contributed by atoms with Gasteiger partial charge in [-0.25, -0.2) is 9.67 Å². The van der Waals surface area contributed by atoms with Crippen molar-refractivity contribution in [3.05, 3.63) is 30.7 Å². The zero-order valence-corrected chi connectivity index (χ0v) is 20.4. The zero-order valence-electron chi connectivity index (χ0n) is 19.6. The fourth-order valence-electron chi connectivity index (χ4n) is 4.11. The van der Waals surface area contributed by atoms with Crippen LogP contribution in [-0.2, 0) is 30.3 Å². The lowest BCUT2D eigenvalue weighted by Gasteiger charge is -2.23. The van der Waals surface area contributed by atoms with Crippen LogP contribution < -0.4 is 0 Å². The van der Waals surface area contributed by atoms with Crippen molar-refractivity contribution >= 4 is 21.0 Å². The highest BCUT2D eigenvalue weighted by atomic mass is 32.2. The molecule has 1 aromatic carbocycles. The van der Waals surface area contributed by atoms with Crippen molar-refractivity contribution in [3.8, 4) is 17.1 Å². The van der Waals surface area contributed by atoms with Gasteiger partial charge in [0.15, 0.2) is 6.23 Å². The first-order valence-electron chi connectivity index (χ1n) is 11.6. The average molecular weight is 493 g/mol. The maximum absolute atomic E-state index is 11.1. The number of nitrogens with zero attached hydrogens (tertiary/aromatic N) is 4. The first-order chi connectivity index (χ1) is 16.3. The van der Waals surface area contributed by atoms with E-state index in [0.717, 1.165) is 67.4 Å². The summed E-state index contributed by atoms with van der Waals surface area (Å²) in [6, 6.07) is 5.26. The van der Waals surface area contributed by atoms with Crippen LogP contribution in [0, 0.1) is 0 Å². The third kappa shape index (κ3) is 6.35. The van der Waals surface area contributed by atoms with Gasteiger partial charge < -0.3 is 19.1 Å². The van der Waals surface area contributed by atoms with Gasteiger partial charge in [0.25, 0.3) is 10.1 Å². The number of aromatic nitrogens is 4. The largest absolute Gasteiger partial charge is 0.508 e. The lowest BCUT2D eigenvalue weighted by atomic mass is 10.1. The molecule has 0 radical (unpaired) electrons. The molecule has 2 atom stereocenters. The summed E-state index contributed by atoms with van der Waals surface area (Å²) in [6.07, 6.45) is 8.60. The van der Waals surface area contributed by atoms with Crippen LogP contribution in [0.25, 0.3) is 22.3 Å². The molecule has 1 fully saturated rings. The van der Waals surface area contributed by atoms with Crippen LogP contribution in [0.3, 0.4) is 0 Å². The molecule has 4 rings (SSSR count). The summed E-state index contributed by atoms with van der Waals surface area (Å²) in [5.41, 5.74) is 2.37. The molecule has 186 valence electrons. The molecule has 10 nitrogen and oxygen atoms in total. The number of ether oxygens (including phenoxy) is 2. The number of aromatic hydroxyl groups is 1. The van der Waals surface area contributed by atoms with E-state index in [1.54, 1.807) is 25.4 Å². The van der Waals surface area contributed by atoms with Gasteiger partial charge in [0.05, 0.1) is 24.2 Å². The smallest absolute Gasteiger partial charge is 0.264 e. The van der Waals surface area contributed by atoms with Crippen molar-refractivity contribution in [2.24, 2.45) is 0 Å². The Morgan fingerprint density at radius 1 is 1.29 bits per heavy atom. The normalized spacial score (nSPS) is 17.9. The molecule has 0 spiro atoms. The lowest BCUT2D eigenvalue weighted by Crippen LogP contribution is -2.19. The Morgan fingerprint density at radius 2 is 2.15 bits per heavy atom. The molecule has 0 bridgehead atoms. The molecule has 3 heterocycles. The predicted octanol–water partition coefficient (Wildman–Crippen LogP) is 3.47. The van der Waals surface area contributed by atoms with E-state index in [9.17, 15) is 13.5 Å². The fourth-order valence-corrected chi connectivity index (χ4v) is 4.80. The van der Waals surface area contributed by atoms with Gasteiger partial charge in [-0.15, -0.1) is 0 Å². The first-order valence-corrected chi connectivity index (χ1v) is 13.4. The minimum absolute atomic E-state index is 0.112. The number of phenols is 1. The first kappa shape index (κ1) is 24.6. The van der Waals surface area contributed by atoms with E-state index in [0.29, 0.717) is 19.6 Å². The summed E-state index contributed by atoms with van der Waals surface area (Å²) in [7, 11) is -3.44. The Kier molecular flexibility index (Phi) is 7.87. The lowest BCUT2D eigenvalue weighted by molar-refractivity contribution is -0.0365.